The van der Waals surface area contributed by atoms with Crippen LogP contribution in [-0.2, 0) is 16.0 Å². The van der Waals surface area contributed by atoms with Gasteiger partial charge in [-0.3, -0.25) is 9.59 Å². The Balaban J connectivity index is 2.19. The molecule has 1 aliphatic rings. The molecule has 2 rings (SSSR count). The van der Waals surface area contributed by atoms with E-state index in [4.69, 9.17) is 5.11 Å². The number of amides is 1. The zero-order valence-electron chi connectivity index (χ0n) is 10.3. The molecule has 0 saturated carbocycles. The molecule has 100 valence electrons. The lowest BCUT2D eigenvalue weighted by Gasteiger charge is -2.29. The molecule has 1 amide bonds. The van der Waals surface area contributed by atoms with Gasteiger partial charge in [0.25, 0.3) is 0 Å². The molecule has 1 heterocycles. The standard InChI is InChI=1S/C13H14N2O4/c16-12(5-6-13(17)18)15-7-1-2-9-8-10(14-19)3-4-11(9)15/h3-4,8H,1-2,5-7H2,(H,17,18). The van der Waals surface area contributed by atoms with E-state index in [9.17, 15) is 14.5 Å². The molecule has 6 heteroatoms. The molecule has 19 heavy (non-hydrogen) atoms. The Morgan fingerprint density at radius 3 is 2.79 bits per heavy atom. The molecule has 1 N–H and O–H groups in total. The van der Waals surface area contributed by atoms with Crippen molar-refractivity contribution < 1.29 is 14.7 Å². The maximum atomic E-state index is 12.0. The maximum Gasteiger partial charge on any atom is 0.303 e. The molecule has 1 aromatic carbocycles. The molecule has 1 aliphatic heterocycles. The summed E-state index contributed by atoms with van der Waals surface area (Å²) >= 11 is 0. The van der Waals surface area contributed by atoms with Crippen LogP contribution in [0.2, 0.25) is 0 Å². The molecule has 0 fully saturated rings. The van der Waals surface area contributed by atoms with E-state index in [0.29, 0.717) is 12.2 Å². The van der Waals surface area contributed by atoms with Crippen LogP contribution in [-0.4, -0.2) is 23.5 Å². The summed E-state index contributed by atoms with van der Waals surface area (Å²) < 4.78 is 0. The van der Waals surface area contributed by atoms with Crippen molar-refractivity contribution in [1.82, 2.24) is 0 Å². The van der Waals surface area contributed by atoms with Crippen molar-refractivity contribution in [2.75, 3.05) is 11.4 Å². The van der Waals surface area contributed by atoms with Crippen LogP contribution in [0.25, 0.3) is 0 Å². The summed E-state index contributed by atoms with van der Waals surface area (Å²) in [5.41, 5.74) is 2.01. The number of aliphatic carboxylic acids is 1. The molecule has 0 aromatic heterocycles. The van der Waals surface area contributed by atoms with Crippen LogP contribution in [0.1, 0.15) is 24.8 Å². The monoisotopic (exact) mass is 262 g/mol. The number of nitrogens with zero attached hydrogens (tertiary/aromatic N) is 2. The first-order valence-corrected chi connectivity index (χ1v) is 6.10. The van der Waals surface area contributed by atoms with Crippen LogP contribution < -0.4 is 4.90 Å². The van der Waals surface area contributed by atoms with Crippen molar-refractivity contribution in [3.63, 3.8) is 0 Å². The number of hydrogen-bond acceptors (Lipinski definition) is 4. The summed E-state index contributed by atoms with van der Waals surface area (Å²) in [6, 6.07) is 4.94. The molecule has 0 spiro atoms. The van der Waals surface area contributed by atoms with Gasteiger partial charge in [0, 0.05) is 18.7 Å². The highest BCUT2D eigenvalue weighted by Crippen LogP contribution is 2.31. The summed E-state index contributed by atoms with van der Waals surface area (Å²) in [5, 5.41) is 11.5. The quantitative estimate of drug-likeness (QED) is 0.843. The number of carbonyl (C=O) groups excluding carboxylic acids is 1. The lowest BCUT2D eigenvalue weighted by molar-refractivity contribution is -0.138. The van der Waals surface area contributed by atoms with Crippen LogP contribution in [0.3, 0.4) is 0 Å². The first-order chi connectivity index (χ1) is 9.11. The normalized spacial score (nSPS) is 13.8. The van der Waals surface area contributed by atoms with E-state index < -0.39 is 5.97 Å². The Kier molecular flexibility index (Phi) is 3.89. The summed E-state index contributed by atoms with van der Waals surface area (Å²) in [6.07, 6.45) is 1.41. The molecule has 0 aliphatic carbocycles. The second-order valence-electron chi connectivity index (χ2n) is 4.45. The van der Waals surface area contributed by atoms with Gasteiger partial charge in [-0.05, 0) is 41.8 Å². The first-order valence-electron chi connectivity index (χ1n) is 6.10. The molecule has 0 saturated heterocycles. The van der Waals surface area contributed by atoms with Crippen molar-refractivity contribution in [3.8, 4) is 0 Å². The van der Waals surface area contributed by atoms with E-state index in [0.717, 1.165) is 24.1 Å². The summed E-state index contributed by atoms with van der Waals surface area (Å²) in [7, 11) is 0. The van der Waals surface area contributed by atoms with Gasteiger partial charge in [-0.15, -0.1) is 4.91 Å². The minimum Gasteiger partial charge on any atom is -0.481 e. The van der Waals surface area contributed by atoms with E-state index in [1.54, 1.807) is 23.1 Å². The van der Waals surface area contributed by atoms with Crippen molar-refractivity contribution in [1.29, 1.82) is 0 Å². The molecule has 0 atom stereocenters. The van der Waals surface area contributed by atoms with Gasteiger partial charge in [-0.1, -0.05) is 0 Å². The van der Waals surface area contributed by atoms with Crippen LogP contribution >= 0.6 is 0 Å². The Labute approximate surface area is 110 Å². The van der Waals surface area contributed by atoms with Crippen molar-refractivity contribution in [2.24, 2.45) is 5.18 Å². The molecule has 0 radical (unpaired) electrons. The number of carbonyl (C=O) groups is 2. The largest absolute Gasteiger partial charge is 0.481 e. The fraction of sp³-hybridized carbons (Fsp3) is 0.385. The number of rotatable bonds is 4. The number of benzene rings is 1. The lowest BCUT2D eigenvalue weighted by atomic mass is 10.0. The van der Waals surface area contributed by atoms with E-state index in [2.05, 4.69) is 5.18 Å². The summed E-state index contributed by atoms with van der Waals surface area (Å²) in [6.45, 7) is 0.583. The predicted molar refractivity (Wildman–Crippen MR) is 69.4 cm³/mol. The number of fused-ring (bicyclic) bond motifs is 1. The van der Waals surface area contributed by atoms with Gasteiger partial charge < -0.3 is 10.0 Å². The highest BCUT2D eigenvalue weighted by molar-refractivity contribution is 5.96. The molecule has 1 aromatic rings. The minimum absolute atomic E-state index is 0.0115. The van der Waals surface area contributed by atoms with Gasteiger partial charge in [0.15, 0.2) is 0 Å². The number of aryl methyl sites for hydroxylation is 1. The third-order valence-electron chi connectivity index (χ3n) is 3.14. The molecule has 6 nitrogen and oxygen atoms in total. The highest BCUT2D eigenvalue weighted by atomic mass is 16.4. The smallest absolute Gasteiger partial charge is 0.303 e. The third kappa shape index (κ3) is 2.96. The van der Waals surface area contributed by atoms with Crippen molar-refractivity contribution >= 4 is 23.3 Å². The van der Waals surface area contributed by atoms with Crippen LogP contribution in [0.5, 0.6) is 0 Å². The number of carboxylic acids is 1. The summed E-state index contributed by atoms with van der Waals surface area (Å²) in [5.74, 6) is -1.18. The van der Waals surface area contributed by atoms with Gasteiger partial charge in [-0.2, -0.15) is 0 Å². The minimum atomic E-state index is -0.980. The fourth-order valence-electron chi connectivity index (χ4n) is 2.25. The Morgan fingerprint density at radius 2 is 2.11 bits per heavy atom. The number of carboxylic acid groups (broad SMARTS) is 1. The number of nitroso groups, excluding NO2 is 1. The molecule has 0 unspecified atom stereocenters. The average molecular weight is 262 g/mol. The van der Waals surface area contributed by atoms with Crippen molar-refractivity contribution in [2.45, 2.75) is 25.7 Å². The predicted octanol–water partition coefficient (Wildman–Crippen LogP) is 2.23. The molecular weight excluding hydrogens is 248 g/mol. The van der Waals surface area contributed by atoms with E-state index in [-0.39, 0.29) is 18.7 Å². The fourth-order valence-corrected chi connectivity index (χ4v) is 2.25. The highest BCUT2D eigenvalue weighted by Gasteiger charge is 2.23. The van der Waals surface area contributed by atoms with Gasteiger partial charge >= 0.3 is 5.97 Å². The van der Waals surface area contributed by atoms with Crippen LogP contribution in [0.15, 0.2) is 23.4 Å². The topological polar surface area (TPSA) is 87.0 Å². The SMILES string of the molecule is O=Nc1ccc2c(c1)CCCN2C(=O)CCC(=O)O. The number of anilines is 1. The zero-order chi connectivity index (χ0) is 13.8. The van der Waals surface area contributed by atoms with Crippen LogP contribution in [0, 0.1) is 4.91 Å². The third-order valence-corrected chi connectivity index (χ3v) is 3.14. The number of hydrogen-bond donors (Lipinski definition) is 1. The molecule has 0 bridgehead atoms. The maximum absolute atomic E-state index is 12.0. The lowest BCUT2D eigenvalue weighted by Crippen LogP contribution is -2.35. The second kappa shape index (κ2) is 5.60. The Morgan fingerprint density at radius 1 is 1.32 bits per heavy atom. The Bertz CT molecular complexity index is 527. The van der Waals surface area contributed by atoms with Crippen LogP contribution in [0.4, 0.5) is 11.4 Å². The van der Waals surface area contributed by atoms with Gasteiger partial charge in [0.1, 0.15) is 5.69 Å². The van der Waals surface area contributed by atoms with E-state index >= 15 is 0 Å². The Hall–Kier alpha value is -2.24. The second-order valence-corrected chi connectivity index (χ2v) is 4.45. The van der Waals surface area contributed by atoms with Gasteiger partial charge in [0.05, 0.1) is 6.42 Å². The summed E-state index contributed by atoms with van der Waals surface area (Å²) in [4.78, 5) is 34.6. The first kappa shape index (κ1) is 13.2. The molecular formula is C13H14N2O4. The van der Waals surface area contributed by atoms with Crippen molar-refractivity contribution in [3.05, 3.63) is 28.7 Å². The average Bonchev–Trinajstić information content (AvgIpc) is 2.43. The van der Waals surface area contributed by atoms with E-state index in [1.165, 1.54) is 0 Å². The zero-order valence-corrected chi connectivity index (χ0v) is 10.3. The van der Waals surface area contributed by atoms with Gasteiger partial charge in [0.2, 0.25) is 5.91 Å². The van der Waals surface area contributed by atoms with Gasteiger partial charge in [-0.25, -0.2) is 0 Å². The van der Waals surface area contributed by atoms with E-state index in [1.807, 2.05) is 0 Å².